The van der Waals surface area contributed by atoms with E-state index < -0.39 is 0 Å². The molecule has 0 bridgehead atoms. The molecule has 0 spiro atoms. The first-order valence-electron chi connectivity index (χ1n) is 7.86. The van der Waals surface area contributed by atoms with Gasteiger partial charge in [-0.25, -0.2) is 9.97 Å². The highest BCUT2D eigenvalue weighted by Crippen LogP contribution is 2.30. The lowest BCUT2D eigenvalue weighted by molar-refractivity contribution is -0.120. The van der Waals surface area contributed by atoms with Crippen LogP contribution in [0.4, 0.5) is 0 Å². The van der Waals surface area contributed by atoms with Crippen molar-refractivity contribution in [3.8, 4) is 0 Å². The molecule has 1 fully saturated rings. The fraction of sp³-hybridized carbons (Fsp3) is 0.562. The van der Waals surface area contributed by atoms with Crippen LogP contribution in [0.5, 0.6) is 0 Å². The number of amides is 1. The molecule has 1 unspecified atom stereocenters. The number of hydrogen-bond acceptors (Lipinski definition) is 5. The Kier molecular flexibility index (Phi) is 5.31. The molecule has 0 aromatic carbocycles. The third-order valence-electron chi connectivity index (χ3n) is 4.17. The second kappa shape index (κ2) is 7.42. The molecule has 0 saturated heterocycles. The first kappa shape index (κ1) is 15.7. The van der Waals surface area contributed by atoms with Crippen LogP contribution in [-0.2, 0) is 4.79 Å². The van der Waals surface area contributed by atoms with Crippen LogP contribution in [-0.4, -0.2) is 27.7 Å². The van der Waals surface area contributed by atoms with Gasteiger partial charge in [-0.1, -0.05) is 31.0 Å². The van der Waals surface area contributed by atoms with E-state index in [2.05, 4.69) is 15.3 Å². The highest BCUT2D eigenvalue weighted by atomic mass is 32.2. The molecule has 4 nitrogen and oxygen atoms in total. The normalized spacial score (nSPS) is 17.5. The lowest BCUT2D eigenvalue weighted by Gasteiger charge is -2.22. The summed E-state index contributed by atoms with van der Waals surface area (Å²) in [5.74, 6) is 0.773. The summed E-state index contributed by atoms with van der Waals surface area (Å²) >= 11 is 3.12. The Balaban J connectivity index is 1.55. The predicted octanol–water partition coefficient (Wildman–Crippen LogP) is 3.87. The Bertz CT molecular complexity index is 637. The van der Waals surface area contributed by atoms with Gasteiger partial charge in [0.05, 0.1) is 5.25 Å². The van der Waals surface area contributed by atoms with E-state index in [1.165, 1.54) is 43.9 Å². The number of hydrogen-bond donors (Lipinski definition) is 1. The first-order valence-corrected chi connectivity index (χ1v) is 9.62. The van der Waals surface area contributed by atoms with Crippen LogP contribution in [0.1, 0.15) is 39.0 Å². The monoisotopic (exact) mass is 335 g/mol. The summed E-state index contributed by atoms with van der Waals surface area (Å²) in [6, 6.07) is 2.02. The van der Waals surface area contributed by atoms with E-state index in [0.29, 0.717) is 5.92 Å². The minimum Gasteiger partial charge on any atom is -0.355 e. The molecule has 1 saturated carbocycles. The molecule has 0 radical (unpaired) electrons. The fourth-order valence-corrected chi connectivity index (χ4v) is 4.58. The molecule has 0 aliphatic heterocycles. The number of fused-ring (bicyclic) bond motifs is 1. The maximum Gasteiger partial charge on any atom is 0.233 e. The van der Waals surface area contributed by atoms with Crippen molar-refractivity contribution < 1.29 is 4.79 Å². The van der Waals surface area contributed by atoms with Crippen molar-refractivity contribution in [3.05, 3.63) is 17.8 Å². The zero-order chi connectivity index (χ0) is 15.4. The third kappa shape index (κ3) is 3.79. The summed E-state index contributed by atoms with van der Waals surface area (Å²) in [7, 11) is 0. The molecule has 1 aliphatic carbocycles. The van der Waals surface area contributed by atoms with Gasteiger partial charge in [-0.15, -0.1) is 11.3 Å². The molecule has 22 heavy (non-hydrogen) atoms. The summed E-state index contributed by atoms with van der Waals surface area (Å²) in [4.78, 5) is 21.8. The summed E-state index contributed by atoms with van der Waals surface area (Å²) in [5.41, 5.74) is 0. The zero-order valence-electron chi connectivity index (χ0n) is 12.7. The van der Waals surface area contributed by atoms with Crippen molar-refractivity contribution in [2.75, 3.05) is 6.54 Å². The molecule has 2 heterocycles. The number of rotatable bonds is 5. The predicted molar refractivity (Wildman–Crippen MR) is 92.3 cm³/mol. The van der Waals surface area contributed by atoms with E-state index in [1.54, 1.807) is 17.7 Å². The van der Waals surface area contributed by atoms with E-state index in [9.17, 15) is 4.79 Å². The number of carbonyl (C=O) groups excluding carboxylic acids is 1. The van der Waals surface area contributed by atoms with E-state index in [4.69, 9.17) is 0 Å². The van der Waals surface area contributed by atoms with E-state index in [0.717, 1.165) is 21.8 Å². The Morgan fingerprint density at radius 2 is 2.23 bits per heavy atom. The van der Waals surface area contributed by atoms with E-state index in [1.807, 2.05) is 18.4 Å². The van der Waals surface area contributed by atoms with Crippen LogP contribution in [0.15, 0.2) is 22.8 Å². The van der Waals surface area contributed by atoms with Crippen LogP contribution in [0.2, 0.25) is 0 Å². The Morgan fingerprint density at radius 3 is 3.05 bits per heavy atom. The van der Waals surface area contributed by atoms with Gasteiger partial charge in [-0.05, 0) is 37.1 Å². The molecule has 1 aliphatic rings. The van der Waals surface area contributed by atoms with Crippen molar-refractivity contribution >= 4 is 39.2 Å². The van der Waals surface area contributed by atoms with Gasteiger partial charge in [0.2, 0.25) is 5.91 Å². The highest BCUT2D eigenvalue weighted by Gasteiger charge is 2.19. The van der Waals surface area contributed by atoms with Crippen molar-refractivity contribution in [1.29, 1.82) is 0 Å². The van der Waals surface area contributed by atoms with Crippen LogP contribution in [0, 0.1) is 5.92 Å². The summed E-state index contributed by atoms with van der Waals surface area (Å²) < 4.78 is 0. The Hall–Kier alpha value is -1.14. The van der Waals surface area contributed by atoms with Gasteiger partial charge >= 0.3 is 0 Å². The average Bonchev–Trinajstić information content (AvgIpc) is 3.03. The maximum atomic E-state index is 12.3. The lowest BCUT2D eigenvalue weighted by Crippen LogP contribution is -2.35. The number of carbonyl (C=O) groups is 1. The van der Waals surface area contributed by atoms with Gasteiger partial charge in [0, 0.05) is 11.9 Å². The van der Waals surface area contributed by atoms with Gasteiger partial charge in [0.25, 0.3) is 0 Å². The topological polar surface area (TPSA) is 54.9 Å². The van der Waals surface area contributed by atoms with Crippen molar-refractivity contribution in [3.63, 3.8) is 0 Å². The number of thioether (sulfide) groups is 1. The van der Waals surface area contributed by atoms with Crippen LogP contribution < -0.4 is 5.32 Å². The molecule has 3 rings (SSSR count). The largest absolute Gasteiger partial charge is 0.355 e. The maximum absolute atomic E-state index is 12.3. The van der Waals surface area contributed by atoms with Gasteiger partial charge in [-0.3, -0.25) is 4.79 Å². The molecule has 118 valence electrons. The summed E-state index contributed by atoms with van der Waals surface area (Å²) in [6.45, 7) is 2.77. The van der Waals surface area contributed by atoms with Crippen LogP contribution in [0.25, 0.3) is 10.2 Å². The first-order chi connectivity index (χ1) is 10.7. The smallest absolute Gasteiger partial charge is 0.233 e. The molecule has 1 atom stereocenters. The Labute approximate surface area is 139 Å². The second-order valence-electron chi connectivity index (χ2n) is 5.83. The van der Waals surface area contributed by atoms with Gasteiger partial charge in [0.15, 0.2) is 0 Å². The molecule has 2 aromatic rings. The summed E-state index contributed by atoms with van der Waals surface area (Å²) in [6.07, 6.45) is 8.05. The number of nitrogens with zero attached hydrogens (tertiary/aromatic N) is 2. The fourth-order valence-electron chi connectivity index (χ4n) is 2.86. The number of nitrogens with one attached hydrogen (secondary N) is 1. The Morgan fingerprint density at radius 1 is 1.41 bits per heavy atom. The molecule has 1 N–H and O–H groups in total. The van der Waals surface area contributed by atoms with Crippen LogP contribution >= 0.6 is 23.1 Å². The highest BCUT2D eigenvalue weighted by molar-refractivity contribution is 8.00. The molecule has 1 amide bonds. The van der Waals surface area contributed by atoms with E-state index in [-0.39, 0.29) is 11.2 Å². The van der Waals surface area contributed by atoms with Crippen molar-refractivity contribution in [2.45, 2.75) is 49.3 Å². The molecule has 2 aromatic heterocycles. The van der Waals surface area contributed by atoms with Crippen LogP contribution in [0.3, 0.4) is 0 Å². The summed E-state index contributed by atoms with van der Waals surface area (Å²) in [5, 5.41) is 6.93. The SMILES string of the molecule is CC(Sc1ncnc2sccc12)C(=O)NCC1CCCCC1. The van der Waals surface area contributed by atoms with Gasteiger partial charge in [0.1, 0.15) is 16.2 Å². The molecular weight excluding hydrogens is 314 g/mol. The second-order valence-corrected chi connectivity index (χ2v) is 8.05. The van der Waals surface area contributed by atoms with Gasteiger partial charge in [-0.2, -0.15) is 0 Å². The van der Waals surface area contributed by atoms with Crippen molar-refractivity contribution in [1.82, 2.24) is 15.3 Å². The average molecular weight is 335 g/mol. The molecular formula is C16H21N3OS2. The molecule has 6 heteroatoms. The lowest BCUT2D eigenvalue weighted by atomic mass is 9.89. The third-order valence-corrected chi connectivity index (χ3v) is 6.11. The standard InChI is InChI=1S/C16H21N3OS2/c1-11(14(20)17-9-12-5-3-2-4-6-12)22-16-13-7-8-21-15(13)18-10-19-16/h7-8,10-12H,2-6,9H2,1H3,(H,17,20). The minimum absolute atomic E-state index is 0.109. The quantitative estimate of drug-likeness (QED) is 0.666. The zero-order valence-corrected chi connectivity index (χ0v) is 14.4. The minimum atomic E-state index is -0.137. The van der Waals surface area contributed by atoms with Gasteiger partial charge < -0.3 is 5.32 Å². The number of aromatic nitrogens is 2. The van der Waals surface area contributed by atoms with E-state index >= 15 is 0 Å². The number of thiophene rings is 1. The van der Waals surface area contributed by atoms with Crippen molar-refractivity contribution in [2.24, 2.45) is 5.92 Å².